The number of methoxy groups -OCH3 is 2. The fourth-order valence-corrected chi connectivity index (χ4v) is 3.65. The third kappa shape index (κ3) is 3.59. The summed E-state index contributed by atoms with van der Waals surface area (Å²) in [4.78, 5) is 4.61. The molecular formula is C24H23NO2. The Hall–Kier alpha value is -3.07. The van der Waals surface area contributed by atoms with Gasteiger partial charge in [0.05, 0.1) is 14.2 Å². The highest BCUT2D eigenvalue weighted by molar-refractivity contribution is 5.84. The van der Waals surface area contributed by atoms with Gasteiger partial charge in [-0.2, -0.15) is 0 Å². The van der Waals surface area contributed by atoms with Crippen LogP contribution >= 0.6 is 0 Å². The lowest BCUT2D eigenvalue weighted by Crippen LogP contribution is -1.95. The predicted molar refractivity (Wildman–Crippen MR) is 110 cm³/mol. The van der Waals surface area contributed by atoms with Gasteiger partial charge in [-0.25, -0.2) is 0 Å². The van der Waals surface area contributed by atoms with Gasteiger partial charge in [-0.3, -0.25) is 4.99 Å². The van der Waals surface area contributed by atoms with Gasteiger partial charge in [-0.15, -0.1) is 0 Å². The van der Waals surface area contributed by atoms with E-state index in [9.17, 15) is 0 Å². The second-order valence-electron chi connectivity index (χ2n) is 6.73. The van der Waals surface area contributed by atoms with Crippen LogP contribution in [0.1, 0.15) is 22.3 Å². The number of benzene rings is 3. The van der Waals surface area contributed by atoms with Crippen molar-refractivity contribution in [2.75, 3.05) is 20.8 Å². The smallest absolute Gasteiger partial charge is 0.160 e. The maximum atomic E-state index is 5.36. The molecule has 0 unspecified atom stereocenters. The standard InChI is InChI=1S/C24H23NO2/c1-26-23-10-8-17(14-24(23)27-2)11-12-25-16-18-7-9-22-20(13-18)15-19-5-3-4-6-21(19)22/h3-10,13-14,16H,11-12,15H2,1-2H3. The molecule has 3 aromatic rings. The Kier molecular flexibility index (Phi) is 4.93. The molecule has 136 valence electrons. The van der Waals surface area contributed by atoms with Crippen LogP contribution < -0.4 is 9.47 Å². The lowest BCUT2D eigenvalue weighted by Gasteiger charge is -2.08. The first-order valence-electron chi connectivity index (χ1n) is 9.20. The molecule has 1 aliphatic rings. The highest BCUT2D eigenvalue weighted by Gasteiger charge is 2.17. The first-order valence-corrected chi connectivity index (χ1v) is 9.20. The van der Waals surface area contributed by atoms with Gasteiger partial charge >= 0.3 is 0 Å². The molecule has 3 nitrogen and oxygen atoms in total. The Labute approximate surface area is 160 Å². The van der Waals surface area contributed by atoms with Crippen molar-refractivity contribution >= 4 is 6.21 Å². The Morgan fingerprint density at radius 1 is 0.852 bits per heavy atom. The zero-order chi connectivity index (χ0) is 18.6. The summed E-state index contributed by atoms with van der Waals surface area (Å²) in [6.45, 7) is 0.743. The van der Waals surface area contributed by atoms with E-state index < -0.39 is 0 Å². The molecule has 0 atom stereocenters. The van der Waals surface area contributed by atoms with Crippen LogP contribution in [-0.2, 0) is 12.8 Å². The number of hydrogen-bond acceptors (Lipinski definition) is 3. The molecule has 1 aliphatic carbocycles. The number of ether oxygens (including phenoxy) is 2. The summed E-state index contributed by atoms with van der Waals surface area (Å²) in [6.07, 6.45) is 3.86. The van der Waals surface area contributed by atoms with Crippen LogP contribution in [-0.4, -0.2) is 27.0 Å². The number of nitrogens with zero attached hydrogens (tertiary/aromatic N) is 1. The SMILES string of the molecule is COc1ccc(CCN=Cc2ccc3c(c2)Cc2ccccc2-3)cc1OC. The highest BCUT2D eigenvalue weighted by atomic mass is 16.5. The predicted octanol–water partition coefficient (Wildman–Crippen LogP) is 4.94. The van der Waals surface area contributed by atoms with Crippen molar-refractivity contribution in [1.29, 1.82) is 0 Å². The lowest BCUT2D eigenvalue weighted by molar-refractivity contribution is 0.354. The summed E-state index contributed by atoms with van der Waals surface area (Å²) in [5.74, 6) is 1.51. The largest absolute Gasteiger partial charge is 0.493 e. The third-order valence-corrected chi connectivity index (χ3v) is 5.04. The summed E-state index contributed by atoms with van der Waals surface area (Å²) in [6, 6.07) is 21.3. The van der Waals surface area contributed by atoms with Crippen molar-refractivity contribution in [3.63, 3.8) is 0 Å². The quantitative estimate of drug-likeness (QED) is 0.458. The minimum Gasteiger partial charge on any atom is -0.493 e. The van der Waals surface area contributed by atoms with E-state index in [-0.39, 0.29) is 0 Å². The summed E-state index contributed by atoms with van der Waals surface area (Å²) in [5, 5.41) is 0. The van der Waals surface area contributed by atoms with E-state index in [1.54, 1.807) is 14.2 Å². The van der Waals surface area contributed by atoms with Gasteiger partial charge in [0.2, 0.25) is 0 Å². The first-order chi connectivity index (χ1) is 13.3. The molecule has 0 aromatic heterocycles. The van der Waals surface area contributed by atoms with E-state index in [4.69, 9.17) is 9.47 Å². The Bertz CT molecular complexity index is 991. The Balaban J connectivity index is 1.41. The Morgan fingerprint density at radius 3 is 2.52 bits per heavy atom. The fraction of sp³-hybridized carbons (Fsp3) is 0.208. The van der Waals surface area contributed by atoms with E-state index in [1.165, 1.54) is 27.8 Å². The molecule has 0 saturated carbocycles. The second kappa shape index (κ2) is 7.67. The van der Waals surface area contributed by atoms with E-state index in [0.717, 1.165) is 36.4 Å². The molecular weight excluding hydrogens is 334 g/mol. The van der Waals surface area contributed by atoms with Crippen molar-refractivity contribution in [2.45, 2.75) is 12.8 Å². The first kappa shape index (κ1) is 17.3. The molecule has 0 bridgehead atoms. The molecule has 4 rings (SSSR count). The van der Waals surface area contributed by atoms with Crippen molar-refractivity contribution in [1.82, 2.24) is 0 Å². The van der Waals surface area contributed by atoms with Crippen LogP contribution in [0.5, 0.6) is 11.5 Å². The van der Waals surface area contributed by atoms with E-state index in [0.29, 0.717) is 0 Å². The van der Waals surface area contributed by atoms with Gasteiger partial charge in [0.15, 0.2) is 11.5 Å². The maximum absolute atomic E-state index is 5.36. The van der Waals surface area contributed by atoms with Crippen molar-refractivity contribution < 1.29 is 9.47 Å². The van der Waals surface area contributed by atoms with Crippen LogP contribution in [0, 0.1) is 0 Å². The molecule has 27 heavy (non-hydrogen) atoms. The summed E-state index contributed by atoms with van der Waals surface area (Å²) in [7, 11) is 3.31. The van der Waals surface area contributed by atoms with Gasteiger partial charge < -0.3 is 9.47 Å². The minimum atomic E-state index is 0.743. The van der Waals surface area contributed by atoms with Crippen LogP contribution in [0.4, 0.5) is 0 Å². The number of hydrogen-bond donors (Lipinski definition) is 0. The molecule has 3 heteroatoms. The molecule has 0 N–H and O–H groups in total. The maximum Gasteiger partial charge on any atom is 0.160 e. The average Bonchev–Trinajstić information content (AvgIpc) is 3.08. The third-order valence-electron chi connectivity index (χ3n) is 5.04. The van der Waals surface area contributed by atoms with Gasteiger partial charge in [0.1, 0.15) is 0 Å². The molecule has 0 spiro atoms. The van der Waals surface area contributed by atoms with Gasteiger partial charge in [0.25, 0.3) is 0 Å². The van der Waals surface area contributed by atoms with Crippen LogP contribution in [0.15, 0.2) is 65.7 Å². The lowest BCUT2D eigenvalue weighted by atomic mass is 10.0. The number of rotatable bonds is 6. The summed E-state index contributed by atoms with van der Waals surface area (Å²) >= 11 is 0. The molecule has 0 amide bonds. The monoisotopic (exact) mass is 357 g/mol. The van der Waals surface area contributed by atoms with Gasteiger partial charge in [-0.1, -0.05) is 42.5 Å². The summed E-state index contributed by atoms with van der Waals surface area (Å²) in [5.41, 5.74) is 7.87. The molecule has 0 heterocycles. The van der Waals surface area contributed by atoms with E-state index >= 15 is 0 Å². The van der Waals surface area contributed by atoms with Crippen LogP contribution in [0.25, 0.3) is 11.1 Å². The fourth-order valence-electron chi connectivity index (χ4n) is 3.65. The zero-order valence-electron chi connectivity index (χ0n) is 15.7. The molecule has 0 fully saturated rings. The number of aliphatic imine (C=N–C) groups is 1. The van der Waals surface area contributed by atoms with E-state index in [1.807, 2.05) is 18.3 Å². The highest BCUT2D eigenvalue weighted by Crippen LogP contribution is 2.36. The van der Waals surface area contributed by atoms with Gasteiger partial charge in [-0.05, 0) is 64.4 Å². The van der Waals surface area contributed by atoms with Gasteiger partial charge in [0, 0.05) is 12.8 Å². The molecule has 0 radical (unpaired) electrons. The van der Waals surface area contributed by atoms with Crippen molar-refractivity contribution in [2.24, 2.45) is 4.99 Å². The average molecular weight is 357 g/mol. The number of fused-ring (bicyclic) bond motifs is 3. The minimum absolute atomic E-state index is 0.743. The molecule has 0 aliphatic heterocycles. The van der Waals surface area contributed by atoms with E-state index in [2.05, 4.69) is 53.5 Å². The zero-order valence-corrected chi connectivity index (χ0v) is 15.7. The summed E-state index contributed by atoms with van der Waals surface area (Å²) < 4.78 is 10.6. The van der Waals surface area contributed by atoms with Crippen LogP contribution in [0.2, 0.25) is 0 Å². The van der Waals surface area contributed by atoms with Crippen LogP contribution in [0.3, 0.4) is 0 Å². The second-order valence-corrected chi connectivity index (χ2v) is 6.73. The molecule has 3 aromatic carbocycles. The molecule has 0 saturated heterocycles. The normalized spacial score (nSPS) is 12.1. The topological polar surface area (TPSA) is 30.8 Å². The Morgan fingerprint density at radius 2 is 1.67 bits per heavy atom. The van der Waals surface area contributed by atoms with Crippen molar-refractivity contribution in [3.8, 4) is 22.6 Å². The van der Waals surface area contributed by atoms with Crippen molar-refractivity contribution in [3.05, 3.63) is 82.9 Å².